The standard InChI is InChI=1S/C21H29N5O4S/c1-25-13-15-26(16-14-25)31(29,30)18-7-5-17(6-8-18)19(27)24-21(9-3-2-4-10-21)20(28)23-12-11-22/h5-8H,2-4,9-10,12-16H2,1H3,(H,23,28)(H,24,27). The number of rotatable bonds is 6. The molecule has 3 rings (SSSR count). The number of nitrogens with one attached hydrogen (secondary N) is 2. The number of carbonyl (C=O) groups excluding carboxylic acids is 2. The van der Waals surface area contributed by atoms with E-state index in [9.17, 15) is 18.0 Å². The number of carbonyl (C=O) groups is 2. The molecule has 0 atom stereocenters. The Labute approximate surface area is 183 Å². The molecule has 1 aromatic carbocycles. The van der Waals surface area contributed by atoms with Crippen LogP contribution in [0.2, 0.25) is 0 Å². The summed E-state index contributed by atoms with van der Waals surface area (Å²) in [6.07, 6.45) is 3.62. The summed E-state index contributed by atoms with van der Waals surface area (Å²) in [7, 11) is -1.66. The highest BCUT2D eigenvalue weighted by Crippen LogP contribution is 2.29. The van der Waals surface area contributed by atoms with E-state index in [1.54, 1.807) is 0 Å². The molecule has 1 heterocycles. The molecule has 9 nitrogen and oxygen atoms in total. The summed E-state index contributed by atoms with van der Waals surface area (Å²) in [5.74, 6) is -0.783. The van der Waals surface area contributed by atoms with Gasteiger partial charge in [0, 0.05) is 31.7 Å². The van der Waals surface area contributed by atoms with Crippen LogP contribution >= 0.6 is 0 Å². The summed E-state index contributed by atoms with van der Waals surface area (Å²) in [6.45, 7) is 2.10. The Morgan fingerprint density at radius 2 is 1.68 bits per heavy atom. The number of hydrogen-bond donors (Lipinski definition) is 2. The number of hydrogen-bond acceptors (Lipinski definition) is 6. The molecule has 1 aliphatic heterocycles. The maximum Gasteiger partial charge on any atom is 0.252 e. The summed E-state index contributed by atoms with van der Waals surface area (Å²) < 4.78 is 27.2. The van der Waals surface area contributed by atoms with E-state index in [4.69, 9.17) is 5.26 Å². The zero-order valence-corrected chi connectivity index (χ0v) is 18.6. The third-order valence-corrected chi connectivity index (χ3v) is 7.95. The number of nitrogens with zero attached hydrogens (tertiary/aromatic N) is 3. The van der Waals surface area contributed by atoms with E-state index in [0.29, 0.717) is 39.0 Å². The lowest BCUT2D eigenvalue weighted by Gasteiger charge is -2.36. The maximum absolute atomic E-state index is 12.9. The second-order valence-corrected chi connectivity index (χ2v) is 10.1. The van der Waals surface area contributed by atoms with Gasteiger partial charge in [-0.1, -0.05) is 19.3 Å². The first-order chi connectivity index (χ1) is 14.8. The van der Waals surface area contributed by atoms with Crippen LogP contribution in [0.25, 0.3) is 0 Å². The average Bonchev–Trinajstić information content (AvgIpc) is 2.78. The molecule has 2 N–H and O–H groups in total. The highest BCUT2D eigenvalue weighted by Gasteiger charge is 2.41. The summed E-state index contributed by atoms with van der Waals surface area (Å²) >= 11 is 0. The van der Waals surface area contributed by atoms with E-state index >= 15 is 0 Å². The molecular weight excluding hydrogens is 418 g/mol. The van der Waals surface area contributed by atoms with E-state index in [2.05, 4.69) is 15.5 Å². The van der Waals surface area contributed by atoms with Gasteiger partial charge < -0.3 is 15.5 Å². The lowest BCUT2D eigenvalue weighted by Crippen LogP contribution is -2.59. The lowest BCUT2D eigenvalue weighted by molar-refractivity contribution is -0.128. The molecule has 0 aromatic heterocycles. The molecule has 1 aliphatic carbocycles. The van der Waals surface area contributed by atoms with Gasteiger partial charge in [-0.2, -0.15) is 9.57 Å². The van der Waals surface area contributed by atoms with Gasteiger partial charge in [-0.05, 0) is 44.2 Å². The molecule has 0 unspecified atom stereocenters. The van der Waals surface area contributed by atoms with Gasteiger partial charge in [-0.3, -0.25) is 9.59 Å². The average molecular weight is 448 g/mol. The zero-order valence-electron chi connectivity index (χ0n) is 17.8. The van der Waals surface area contributed by atoms with Gasteiger partial charge >= 0.3 is 0 Å². The van der Waals surface area contributed by atoms with Crippen LogP contribution in [0, 0.1) is 11.3 Å². The van der Waals surface area contributed by atoms with Crippen molar-refractivity contribution >= 4 is 21.8 Å². The number of nitriles is 1. The van der Waals surface area contributed by atoms with Crippen molar-refractivity contribution in [2.24, 2.45) is 0 Å². The van der Waals surface area contributed by atoms with E-state index < -0.39 is 21.5 Å². The summed E-state index contributed by atoms with van der Waals surface area (Å²) in [6, 6.07) is 7.70. The summed E-state index contributed by atoms with van der Waals surface area (Å²) in [5.41, 5.74) is -0.758. The minimum Gasteiger partial charge on any atom is -0.341 e. The van der Waals surface area contributed by atoms with Gasteiger partial charge in [0.1, 0.15) is 12.1 Å². The molecule has 0 spiro atoms. The Hall–Kier alpha value is -2.48. The quantitative estimate of drug-likeness (QED) is 0.619. The Balaban J connectivity index is 1.73. The van der Waals surface area contributed by atoms with Crippen LogP contribution in [0.4, 0.5) is 0 Å². The number of benzene rings is 1. The first-order valence-corrected chi connectivity index (χ1v) is 12.0. The smallest absolute Gasteiger partial charge is 0.252 e. The van der Waals surface area contributed by atoms with Crippen molar-refractivity contribution in [3.8, 4) is 6.07 Å². The van der Waals surface area contributed by atoms with Crippen molar-refractivity contribution in [1.29, 1.82) is 5.26 Å². The van der Waals surface area contributed by atoms with Gasteiger partial charge in [0.25, 0.3) is 5.91 Å². The van der Waals surface area contributed by atoms with E-state index in [0.717, 1.165) is 19.3 Å². The van der Waals surface area contributed by atoms with E-state index in [-0.39, 0.29) is 22.9 Å². The van der Waals surface area contributed by atoms with Crippen molar-refractivity contribution in [3.63, 3.8) is 0 Å². The third-order valence-electron chi connectivity index (χ3n) is 6.04. The van der Waals surface area contributed by atoms with Crippen molar-refractivity contribution in [1.82, 2.24) is 19.8 Å². The Morgan fingerprint density at radius 1 is 1.06 bits per heavy atom. The zero-order chi connectivity index (χ0) is 22.5. The van der Waals surface area contributed by atoms with Crippen LogP contribution in [-0.2, 0) is 14.8 Å². The van der Waals surface area contributed by atoms with Crippen LogP contribution in [0.3, 0.4) is 0 Å². The highest BCUT2D eigenvalue weighted by molar-refractivity contribution is 7.89. The number of piperazine rings is 1. The molecule has 0 bridgehead atoms. The predicted octanol–water partition coefficient (Wildman–Crippen LogP) is 0.695. The van der Waals surface area contributed by atoms with Crippen molar-refractivity contribution in [3.05, 3.63) is 29.8 Å². The normalized spacial score (nSPS) is 19.9. The van der Waals surface area contributed by atoms with Crippen molar-refractivity contribution < 1.29 is 18.0 Å². The minimum atomic E-state index is -3.61. The fourth-order valence-electron chi connectivity index (χ4n) is 4.10. The predicted molar refractivity (Wildman–Crippen MR) is 115 cm³/mol. The Morgan fingerprint density at radius 3 is 2.26 bits per heavy atom. The molecule has 31 heavy (non-hydrogen) atoms. The number of likely N-dealkylation sites (N-methyl/N-ethyl adjacent to an activating group) is 1. The van der Waals surface area contributed by atoms with Crippen LogP contribution in [0.15, 0.2) is 29.2 Å². The largest absolute Gasteiger partial charge is 0.341 e. The van der Waals surface area contributed by atoms with Crippen molar-refractivity contribution in [2.75, 3.05) is 39.8 Å². The van der Waals surface area contributed by atoms with Crippen LogP contribution in [0.1, 0.15) is 42.5 Å². The third kappa shape index (κ3) is 5.23. The van der Waals surface area contributed by atoms with Gasteiger partial charge in [0.2, 0.25) is 15.9 Å². The van der Waals surface area contributed by atoms with E-state index in [1.165, 1.54) is 28.6 Å². The van der Waals surface area contributed by atoms with Crippen molar-refractivity contribution in [2.45, 2.75) is 42.5 Å². The maximum atomic E-state index is 12.9. The Kier molecular flexibility index (Phi) is 7.30. The number of amides is 2. The molecular formula is C21H29N5O4S. The summed E-state index contributed by atoms with van der Waals surface area (Å²) in [5, 5.41) is 14.2. The monoisotopic (exact) mass is 447 g/mol. The van der Waals surface area contributed by atoms with Gasteiger partial charge in [0.15, 0.2) is 0 Å². The molecule has 0 radical (unpaired) electrons. The van der Waals surface area contributed by atoms with Gasteiger partial charge in [-0.25, -0.2) is 8.42 Å². The minimum absolute atomic E-state index is 0.116. The van der Waals surface area contributed by atoms with Crippen LogP contribution in [0.5, 0.6) is 0 Å². The second kappa shape index (κ2) is 9.77. The molecule has 2 amide bonds. The Bertz CT molecular complexity index is 941. The van der Waals surface area contributed by atoms with Crippen LogP contribution < -0.4 is 10.6 Å². The van der Waals surface area contributed by atoms with Gasteiger partial charge in [0.05, 0.1) is 11.0 Å². The molecule has 168 valence electrons. The summed E-state index contributed by atoms with van der Waals surface area (Å²) in [4.78, 5) is 27.8. The SMILES string of the molecule is CN1CCN(S(=O)(=O)c2ccc(C(=O)NC3(C(=O)NCC#N)CCCCC3)cc2)CC1. The fraction of sp³-hybridized carbons (Fsp3) is 0.571. The highest BCUT2D eigenvalue weighted by atomic mass is 32.2. The first-order valence-electron chi connectivity index (χ1n) is 10.5. The van der Waals surface area contributed by atoms with Gasteiger partial charge in [-0.15, -0.1) is 0 Å². The number of sulfonamides is 1. The topological polar surface area (TPSA) is 123 Å². The molecule has 10 heteroatoms. The lowest BCUT2D eigenvalue weighted by atomic mass is 9.80. The molecule has 2 fully saturated rings. The molecule has 1 aromatic rings. The van der Waals surface area contributed by atoms with E-state index in [1.807, 2.05) is 13.1 Å². The first kappa shape index (κ1) is 23.2. The molecule has 1 saturated carbocycles. The molecule has 2 aliphatic rings. The van der Waals surface area contributed by atoms with Crippen LogP contribution in [-0.4, -0.2) is 74.7 Å². The fourth-order valence-corrected chi connectivity index (χ4v) is 5.52. The molecule has 1 saturated heterocycles. The second-order valence-electron chi connectivity index (χ2n) is 8.17.